The zero-order chi connectivity index (χ0) is 20.6. The van der Waals surface area contributed by atoms with Crippen molar-refractivity contribution in [3.8, 4) is 0 Å². The highest BCUT2D eigenvalue weighted by Gasteiger charge is 2.57. The van der Waals surface area contributed by atoms with Crippen LogP contribution in [0.1, 0.15) is 43.5 Å². The monoisotopic (exact) mass is 426 g/mol. The quantitative estimate of drug-likeness (QED) is 0.666. The van der Waals surface area contributed by atoms with Crippen LogP contribution in [0.25, 0.3) is 11.0 Å². The van der Waals surface area contributed by atoms with Gasteiger partial charge in [-0.2, -0.15) is 0 Å². The summed E-state index contributed by atoms with van der Waals surface area (Å²) in [6.07, 6.45) is 4.16. The van der Waals surface area contributed by atoms with Gasteiger partial charge in [0.05, 0.1) is 30.2 Å². The molecule has 1 aliphatic carbocycles. The Hall–Kier alpha value is -2.19. The fourth-order valence-corrected chi connectivity index (χ4v) is 5.61. The summed E-state index contributed by atoms with van der Waals surface area (Å²) >= 11 is 6.19. The van der Waals surface area contributed by atoms with Gasteiger partial charge in [0, 0.05) is 17.1 Å². The first kappa shape index (κ1) is 18.6. The second-order valence-corrected chi connectivity index (χ2v) is 9.26. The SMILES string of the molecule is CC1(C)O[C@@H]2[C@@H]([C@H]3OCc4cc(Cl)ccc43)C[C@@H](n3ccc4c(N)ncnc43)[C@@H]2O1. The van der Waals surface area contributed by atoms with E-state index in [0.717, 1.165) is 28.0 Å². The van der Waals surface area contributed by atoms with Crippen molar-refractivity contribution in [3.63, 3.8) is 0 Å². The van der Waals surface area contributed by atoms with E-state index in [-0.39, 0.29) is 30.3 Å². The van der Waals surface area contributed by atoms with E-state index in [2.05, 4.69) is 20.6 Å². The molecule has 2 fully saturated rings. The van der Waals surface area contributed by atoms with Gasteiger partial charge in [-0.15, -0.1) is 0 Å². The first-order chi connectivity index (χ1) is 14.4. The number of nitrogens with two attached hydrogens (primary N) is 1. The van der Waals surface area contributed by atoms with Gasteiger partial charge in [0.15, 0.2) is 5.79 Å². The Morgan fingerprint density at radius 3 is 2.87 bits per heavy atom. The van der Waals surface area contributed by atoms with Gasteiger partial charge in [-0.05, 0) is 49.6 Å². The van der Waals surface area contributed by atoms with Crippen molar-refractivity contribution in [1.82, 2.24) is 14.5 Å². The molecule has 3 aromatic rings. The van der Waals surface area contributed by atoms with Crippen LogP contribution in [0.4, 0.5) is 5.82 Å². The van der Waals surface area contributed by atoms with E-state index < -0.39 is 5.79 Å². The van der Waals surface area contributed by atoms with E-state index >= 15 is 0 Å². The molecule has 5 atom stereocenters. The molecule has 0 amide bonds. The number of benzene rings is 1. The molecule has 2 N–H and O–H groups in total. The van der Waals surface area contributed by atoms with Crippen LogP contribution in [0, 0.1) is 5.92 Å². The lowest BCUT2D eigenvalue weighted by Crippen LogP contribution is -2.29. The Bertz CT molecular complexity index is 1150. The minimum atomic E-state index is -0.648. The fourth-order valence-electron chi connectivity index (χ4n) is 5.42. The summed E-state index contributed by atoms with van der Waals surface area (Å²) in [6, 6.07) is 8.04. The summed E-state index contributed by atoms with van der Waals surface area (Å²) < 4.78 is 21.2. The molecule has 1 saturated carbocycles. The van der Waals surface area contributed by atoms with E-state index in [1.165, 1.54) is 11.9 Å². The number of rotatable bonds is 2. The normalized spacial score (nSPS) is 31.9. The summed E-state index contributed by atoms with van der Waals surface area (Å²) in [7, 11) is 0. The van der Waals surface area contributed by atoms with Crippen LogP contribution in [0.15, 0.2) is 36.8 Å². The van der Waals surface area contributed by atoms with E-state index in [1.54, 1.807) is 0 Å². The number of aromatic nitrogens is 3. The number of halogens is 1. The summed E-state index contributed by atoms with van der Waals surface area (Å²) in [6.45, 7) is 4.51. The zero-order valence-corrected chi connectivity index (χ0v) is 17.5. The lowest BCUT2D eigenvalue weighted by atomic mass is 9.91. The van der Waals surface area contributed by atoms with Crippen molar-refractivity contribution in [2.75, 3.05) is 5.73 Å². The number of nitrogens with zero attached hydrogens (tertiary/aromatic N) is 3. The lowest BCUT2D eigenvalue weighted by molar-refractivity contribution is -0.166. The van der Waals surface area contributed by atoms with E-state index in [1.807, 2.05) is 38.2 Å². The molecule has 3 aliphatic rings. The summed E-state index contributed by atoms with van der Waals surface area (Å²) in [5, 5.41) is 1.59. The molecule has 156 valence electrons. The van der Waals surface area contributed by atoms with Crippen LogP contribution >= 0.6 is 11.6 Å². The topological polar surface area (TPSA) is 84.4 Å². The molecule has 0 bridgehead atoms. The van der Waals surface area contributed by atoms with Crippen molar-refractivity contribution in [2.45, 2.75) is 57.0 Å². The number of hydrogen-bond donors (Lipinski definition) is 1. The Kier molecular flexibility index (Phi) is 3.96. The minimum Gasteiger partial charge on any atom is -0.383 e. The molecule has 1 aromatic carbocycles. The largest absolute Gasteiger partial charge is 0.383 e. The average Bonchev–Trinajstić information content (AvgIpc) is 3.43. The molecule has 30 heavy (non-hydrogen) atoms. The Balaban J connectivity index is 1.41. The average molecular weight is 427 g/mol. The molecule has 0 radical (unpaired) electrons. The number of nitrogen functional groups attached to an aromatic ring is 1. The molecule has 0 unspecified atom stereocenters. The van der Waals surface area contributed by atoms with Gasteiger partial charge in [0.2, 0.25) is 0 Å². The highest BCUT2D eigenvalue weighted by molar-refractivity contribution is 6.30. The molecule has 0 spiro atoms. The third-order valence-corrected chi connectivity index (χ3v) is 6.83. The van der Waals surface area contributed by atoms with Crippen LogP contribution in [0.5, 0.6) is 0 Å². The molecular formula is C22H23ClN4O3. The van der Waals surface area contributed by atoms with Crippen molar-refractivity contribution in [1.29, 1.82) is 0 Å². The molecule has 6 rings (SSSR count). The highest BCUT2D eigenvalue weighted by atomic mass is 35.5. The number of fused-ring (bicyclic) bond motifs is 3. The maximum Gasteiger partial charge on any atom is 0.163 e. The van der Waals surface area contributed by atoms with E-state index in [4.69, 9.17) is 31.5 Å². The molecule has 2 aromatic heterocycles. The van der Waals surface area contributed by atoms with Crippen LogP contribution in [0.3, 0.4) is 0 Å². The number of anilines is 1. The van der Waals surface area contributed by atoms with Gasteiger partial charge in [-0.3, -0.25) is 0 Å². The Morgan fingerprint density at radius 1 is 1.17 bits per heavy atom. The third kappa shape index (κ3) is 2.69. The molecular weight excluding hydrogens is 404 g/mol. The van der Waals surface area contributed by atoms with Crippen LogP contribution in [-0.4, -0.2) is 32.5 Å². The molecule has 4 heterocycles. The van der Waals surface area contributed by atoms with Gasteiger partial charge < -0.3 is 24.5 Å². The Labute approximate surface area is 179 Å². The van der Waals surface area contributed by atoms with Crippen molar-refractivity contribution in [2.24, 2.45) is 5.92 Å². The standard InChI is InChI=1S/C22H23ClN4O3/c1-22(2)29-18-15(17-13-4-3-12(23)7-11(13)9-28-17)8-16(19(18)30-22)27-6-5-14-20(24)25-10-26-21(14)27/h3-7,10,15-19H,8-9H2,1-2H3,(H2,24,25,26)/t15-,16-,17+,18-,19+/m1/s1. The summed E-state index contributed by atoms with van der Waals surface area (Å²) in [5.74, 6) is -0.00971. The van der Waals surface area contributed by atoms with Crippen LogP contribution < -0.4 is 5.73 Å². The second-order valence-electron chi connectivity index (χ2n) is 8.83. The Morgan fingerprint density at radius 2 is 2.00 bits per heavy atom. The molecule has 7 nitrogen and oxygen atoms in total. The van der Waals surface area contributed by atoms with Gasteiger partial charge >= 0.3 is 0 Å². The van der Waals surface area contributed by atoms with Crippen molar-refractivity contribution >= 4 is 28.5 Å². The first-order valence-corrected chi connectivity index (χ1v) is 10.6. The number of hydrogen-bond acceptors (Lipinski definition) is 6. The van der Waals surface area contributed by atoms with Gasteiger partial charge in [0.25, 0.3) is 0 Å². The van der Waals surface area contributed by atoms with E-state index in [9.17, 15) is 0 Å². The van der Waals surface area contributed by atoms with Gasteiger partial charge in [0.1, 0.15) is 23.9 Å². The molecule has 2 aliphatic heterocycles. The minimum absolute atomic E-state index is 0.0474. The highest BCUT2D eigenvalue weighted by Crippen LogP contribution is 2.54. The predicted octanol–water partition coefficient (Wildman–Crippen LogP) is 4.02. The molecule has 1 saturated heterocycles. The fraction of sp³-hybridized carbons (Fsp3) is 0.455. The maximum absolute atomic E-state index is 6.40. The second kappa shape index (κ2) is 6.40. The zero-order valence-electron chi connectivity index (χ0n) is 16.8. The van der Waals surface area contributed by atoms with Crippen molar-refractivity contribution < 1.29 is 14.2 Å². The van der Waals surface area contributed by atoms with Crippen LogP contribution in [0.2, 0.25) is 5.02 Å². The summed E-state index contributed by atoms with van der Waals surface area (Å²) in [5.41, 5.74) is 9.22. The predicted molar refractivity (Wildman–Crippen MR) is 112 cm³/mol. The van der Waals surface area contributed by atoms with Gasteiger partial charge in [-0.25, -0.2) is 9.97 Å². The number of ether oxygens (including phenoxy) is 3. The van der Waals surface area contributed by atoms with Crippen molar-refractivity contribution in [3.05, 3.63) is 52.9 Å². The maximum atomic E-state index is 6.40. The smallest absolute Gasteiger partial charge is 0.163 e. The third-order valence-electron chi connectivity index (χ3n) is 6.59. The molecule has 8 heteroatoms. The van der Waals surface area contributed by atoms with E-state index in [0.29, 0.717) is 12.4 Å². The van der Waals surface area contributed by atoms with Gasteiger partial charge in [-0.1, -0.05) is 17.7 Å². The van der Waals surface area contributed by atoms with Crippen LogP contribution in [-0.2, 0) is 20.8 Å². The summed E-state index contributed by atoms with van der Waals surface area (Å²) in [4.78, 5) is 8.61. The lowest BCUT2D eigenvalue weighted by Gasteiger charge is -2.27. The first-order valence-electron chi connectivity index (χ1n) is 10.2.